The average Bonchev–Trinajstić information content (AvgIpc) is 3.04. The van der Waals surface area contributed by atoms with Gasteiger partial charge in [-0.15, -0.1) is 0 Å². The summed E-state index contributed by atoms with van der Waals surface area (Å²) in [6.45, 7) is 10.3. The van der Waals surface area contributed by atoms with Crippen molar-refractivity contribution in [2.45, 2.75) is 39.3 Å². The summed E-state index contributed by atoms with van der Waals surface area (Å²) in [7, 11) is -3.49. The molecule has 0 atom stereocenters. The van der Waals surface area contributed by atoms with Crippen LogP contribution in [0.3, 0.4) is 0 Å². The smallest absolute Gasteiger partial charge is 0.341 e. The van der Waals surface area contributed by atoms with Crippen LogP contribution in [0.4, 0.5) is 0 Å². The normalized spacial score (nSPS) is 16.1. The van der Waals surface area contributed by atoms with Crippen LogP contribution in [0.25, 0.3) is 0 Å². The number of nitrogens with zero attached hydrogens (tertiary/aromatic N) is 4. The maximum atomic E-state index is 12.9. The number of hydrogen-bond acceptors (Lipinski definition) is 6. The molecule has 1 aliphatic rings. The number of benzene rings is 1. The number of piperazine rings is 1. The van der Waals surface area contributed by atoms with Crippen molar-refractivity contribution < 1.29 is 17.9 Å². The third-order valence-corrected chi connectivity index (χ3v) is 7.13. The second-order valence-corrected chi connectivity index (χ2v) is 9.24. The van der Waals surface area contributed by atoms with Crippen LogP contribution in [0.2, 0.25) is 0 Å². The van der Waals surface area contributed by atoms with Gasteiger partial charge in [0.15, 0.2) is 0 Å². The Morgan fingerprint density at radius 2 is 1.79 bits per heavy atom. The van der Waals surface area contributed by atoms with E-state index in [2.05, 4.69) is 10.00 Å². The highest BCUT2D eigenvalue weighted by Crippen LogP contribution is 2.20. The van der Waals surface area contributed by atoms with Gasteiger partial charge in [0.1, 0.15) is 5.56 Å². The molecule has 0 unspecified atom stereocenters. The number of esters is 1. The van der Waals surface area contributed by atoms with Crippen molar-refractivity contribution in [3.63, 3.8) is 0 Å². The quantitative estimate of drug-likeness (QED) is 0.664. The van der Waals surface area contributed by atoms with Crippen molar-refractivity contribution in [3.05, 3.63) is 46.8 Å². The molecule has 8 nitrogen and oxygen atoms in total. The van der Waals surface area contributed by atoms with Crippen molar-refractivity contribution in [2.75, 3.05) is 32.8 Å². The maximum absolute atomic E-state index is 12.9. The minimum atomic E-state index is -3.49. The van der Waals surface area contributed by atoms with Gasteiger partial charge in [0, 0.05) is 32.4 Å². The van der Waals surface area contributed by atoms with Gasteiger partial charge in [0.2, 0.25) is 10.0 Å². The molecule has 3 rings (SSSR count). The first-order chi connectivity index (χ1) is 13.7. The van der Waals surface area contributed by atoms with Crippen LogP contribution in [0.1, 0.15) is 34.1 Å². The zero-order valence-electron chi connectivity index (χ0n) is 17.4. The number of carbonyl (C=O) groups is 1. The van der Waals surface area contributed by atoms with E-state index in [4.69, 9.17) is 4.74 Å². The van der Waals surface area contributed by atoms with Gasteiger partial charge in [-0.1, -0.05) is 6.07 Å². The molecule has 29 heavy (non-hydrogen) atoms. The number of aromatic nitrogens is 2. The van der Waals surface area contributed by atoms with Crippen LogP contribution in [-0.4, -0.2) is 66.2 Å². The van der Waals surface area contributed by atoms with Crippen LogP contribution in [0.5, 0.6) is 0 Å². The molecular weight excluding hydrogens is 392 g/mol. The summed E-state index contributed by atoms with van der Waals surface area (Å²) in [6, 6.07) is 5.26. The fraction of sp³-hybridized carbons (Fsp3) is 0.500. The third kappa shape index (κ3) is 4.68. The monoisotopic (exact) mass is 420 g/mol. The highest BCUT2D eigenvalue weighted by molar-refractivity contribution is 7.89. The lowest BCUT2D eigenvalue weighted by Gasteiger charge is -2.33. The van der Waals surface area contributed by atoms with Gasteiger partial charge in [0.05, 0.1) is 23.9 Å². The Hall–Kier alpha value is -2.23. The molecular formula is C20H28N4O4S. The Kier molecular flexibility index (Phi) is 6.40. The first-order valence-electron chi connectivity index (χ1n) is 9.73. The lowest BCUT2D eigenvalue weighted by Crippen LogP contribution is -2.48. The van der Waals surface area contributed by atoms with Crippen molar-refractivity contribution >= 4 is 16.0 Å². The van der Waals surface area contributed by atoms with Crippen molar-refractivity contribution in [1.82, 2.24) is 19.0 Å². The fourth-order valence-corrected chi connectivity index (χ4v) is 4.85. The summed E-state index contributed by atoms with van der Waals surface area (Å²) < 4.78 is 34.2. The standard InChI is InChI=1S/C20H28N4O4S/c1-5-28-20(25)19-13-23(21-17(19)4)14-22-8-10-24(11-9-22)29(26,27)18-7-6-15(2)16(3)12-18/h6-7,12-13H,5,8-11,14H2,1-4H3. The summed E-state index contributed by atoms with van der Waals surface area (Å²) in [4.78, 5) is 14.4. The predicted octanol–water partition coefficient (Wildman–Crippen LogP) is 1.95. The molecule has 0 radical (unpaired) electrons. The highest BCUT2D eigenvalue weighted by atomic mass is 32.2. The number of aryl methyl sites for hydroxylation is 3. The molecule has 0 N–H and O–H groups in total. The molecule has 1 aromatic heterocycles. The zero-order valence-corrected chi connectivity index (χ0v) is 18.2. The summed E-state index contributed by atoms with van der Waals surface area (Å²) in [5, 5.41) is 4.38. The summed E-state index contributed by atoms with van der Waals surface area (Å²) in [5.74, 6) is -0.374. The lowest BCUT2D eigenvalue weighted by molar-refractivity contribution is 0.0525. The fourth-order valence-electron chi connectivity index (χ4n) is 3.34. The Morgan fingerprint density at radius 1 is 1.10 bits per heavy atom. The average molecular weight is 421 g/mol. The summed E-state index contributed by atoms with van der Waals surface area (Å²) >= 11 is 0. The largest absolute Gasteiger partial charge is 0.462 e. The molecule has 9 heteroatoms. The SMILES string of the molecule is CCOC(=O)c1cn(CN2CCN(S(=O)(=O)c3ccc(C)c(C)c3)CC2)nc1C. The Balaban J connectivity index is 1.63. The van der Waals surface area contributed by atoms with E-state index in [1.807, 2.05) is 19.9 Å². The van der Waals surface area contributed by atoms with Crippen LogP contribution >= 0.6 is 0 Å². The summed E-state index contributed by atoms with van der Waals surface area (Å²) in [6.07, 6.45) is 1.69. The van der Waals surface area contributed by atoms with E-state index in [0.29, 0.717) is 55.6 Å². The topological polar surface area (TPSA) is 84.7 Å². The maximum Gasteiger partial charge on any atom is 0.341 e. The van der Waals surface area contributed by atoms with Crippen LogP contribution in [0.15, 0.2) is 29.3 Å². The van der Waals surface area contributed by atoms with Gasteiger partial charge in [-0.25, -0.2) is 13.2 Å². The van der Waals surface area contributed by atoms with Gasteiger partial charge in [-0.05, 0) is 51.0 Å². The third-order valence-electron chi connectivity index (χ3n) is 5.23. The van der Waals surface area contributed by atoms with Crippen LogP contribution in [0, 0.1) is 20.8 Å². The molecule has 2 aromatic rings. The van der Waals surface area contributed by atoms with Crippen LogP contribution < -0.4 is 0 Å². The highest BCUT2D eigenvalue weighted by Gasteiger charge is 2.29. The number of ether oxygens (including phenoxy) is 1. The van der Waals surface area contributed by atoms with Gasteiger partial charge < -0.3 is 4.74 Å². The van der Waals surface area contributed by atoms with Gasteiger partial charge in [0.25, 0.3) is 0 Å². The van der Waals surface area contributed by atoms with E-state index in [-0.39, 0.29) is 5.97 Å². The molecule has 0 spiro atoms. The second-order valence-electron chi connectivity index (χ2n) is 7.30. The van der Waals surface area contributed by atoms with Crippen molar-refractivity contribution in [2.24, 2.45) is 0 Å². The molecule has 0 saturated carbocycles. The molecule has 0 bridgehead atoms. The number of carbonyl (C=O) groups excluding carboxylic acids is 1. The van der Waals surface area contributed by atoms with E-state index in [1.54, 1.807) is 36.9 Å². The van der Waals surface area contributed by atoms with Gasteiger partial charge in [-0.2, -0.15) is 9.40 Å². The van der Waals surface area contributed by atoms with E-state index >= 15 is 0 Å². The number of rotatable bonds is 6. The van der Waals surface area contributed by atoms with Crippen LogP contribution in [-0.2, 0) is 21.4 Å². The molecule has 0 amide bonds. The molecule has 158 valence electrons. The number of sulfonamides is 1. The molecule has 1 fully saturated rings. The van der Waals surface area contributed by atoms with E-state index in [1.165, 1.54) is 4.31 Å². The Labute approximate surface area is 172 Å². The van der Waals surface area contributed by atoms with E-state index in [9.17, 15) is 13.2 Å². The number of hydrogen-bond donors (Lipinski definition) is 0. The summed E-state index contributed by atoms with van der Waals surface area (Å²) in [5.41, 5.74) is 3.13. The van der Waals surface area contributed by atoms with Crippen molar-refractivity contribution in [1.29, 1.82) is 0 Å². The molecule has 1 aliphatic heterocycles. The van der Waals surface area contributed by atoms with Gasteiger partial charge in [-0.3, -0.25) is 9.58 Å². The van der Waals surface area contributed by atoms with Gasteiger partial charge >= 0.3 is 5.97 Å². The predicted molar refractivity (Wildman–Crippen MR) is 109 cm³/mol. The molecule has 0 aliphatic carbocycles. The first kappa shape index (κ1) is 21.5. The molecule has 1 saturated heterocycles. The lowest BCUT2D eigenvalue weighted by atomic mass is 10.1. The Bertz CT molecular complexity index is 992. The first-order valence-corrected chi connectivity index (χ1v) is 11.2. The minimum absolute atomic E-state index is 0.320. The molecule has 1 aromatic carbocycles. The zero-order chi connectivity index (χ0) is 21.2. The second kappa shape index (κ2) is 8.64. The molecule has 2 heterocycles. The minimum Gasteiger partial charge on any atom is -0.462 e. The Morgan fingerprint density at radius 3 is 2.41 bits per heavy atom. The van der Waals surface area contributed by atoms with Crippen molar-refractivity contribution in [3.8, 4) is 0 Å². The van der Waals surface area contributed by atoms with E-state index in [0.717, 1.165) is 11.1 Å². The van der Waals surface area contributed by atoms with E-state index < -0.39 is 10.0 Å².